The molecule has 0 saturated heterocycles. The fourth-order valence-electron chi connectivity index (χ4n) is 2.00. The molecule has 1 aromatic rings. The van der Waals surface area contributed by atoms with Crippen molar-refractivity contribution in [3.8, 4) is 0 Å². The maximum Gasteiger partial charge on any atom is 0.139 e. The molecule has 0 N–H and O–H groups in total. The topological polar surface area (TPSA) is 17.8 Å². The average Bonchev–Trinajstić information content (AvgIpc) is 2.60. The Labute approximate surface area is 105 Å². The van der Waals surface area contributed by atoms with Gasteiger partial charge in [-0.3, -0.25) is 0 Å². The van der Waals surface area contributed by atoms with E-state index in [1.165, 1.54) is 17.6 Å². The summed E-state index contributed by atoms with van der Waals surface area (Å²) in [6.07, 6.45) is 9.91. The third-order valence-corrected chi connectivity index (χ3v) is 2.72. The number of aryl methyl sites for hydroxylation is 1. The number of rotatable bonds is 5. The Balaban J connectivity index is 3.08. The van der Waals surface area contributed by atoms with Gasteiger partial charge >= 0.3 is 0 Å². The molecule has 94 valence electrons. The van der Waals surface area contributed by atoms with Crippen molar-refractivity contribution >= 4 is 11.8 Å². The zero-order valence-electron chi connectivity index (χ0n) is 11.7. The van der Waals surface area contributed by atoms with E-state index in [9.17, 15) is 0 Å². The Morgan fingerprint density at radius 3 is 2.65 bits per heavy atom. The predicted octanol–water partition coefficient (Wildman–Crippen LogP) is 4.67. The van der Waals surface area contributed by atoms with Crippen LogP contribution < -0.4 is 0 Å². The number of allylic oxidation sites excluding steroid dienone is 3. The molecule has 0 amide bonds. The molecule has 0 atom stereocenters. The summed E-state index contributed by atoms with van der Waals surface area (Å²) in [6, 6.07) is 0. The quantitative estimate of drug-likeness (QED) is 0.721. The van der Waals surface area contributed by atoms with Crippen LogP contribution in [0.1, 0.15) is 58.5 Å². The van der Waals surface area contributed by atoms with E-state index in [0.29, 0.717) is 0 Å². The van der Waals surface area contributed by atoms with E-state index in [1.54, 1.807) is 0 Å². The molecule has 17 heavy (non-hydrogen) atoms. The summed E-state index contributed by atoms with van der Waals surface area (Å²) in [5.41, 5.74) is 3.72. The summed E-state index contributed by atoms with van der Waals surface area (Å²) < 4.78 is 2.15. The maximum absolute atomic E-state index is 4.59. The summed E-state index contributed by atoms with van der Waals surface area (Å²) in [6.45, 7) is 10.7. The lowest BCUT2D eigenvalue weighted by molar-refractivity contribution is 0.901. The van der Waals surface area contributed by atoms with Crippen LogP contribution in [0.15, 0.2) is 17.8 Å². The fourth-order valence-corrected chi connectivity index (χ4v) is 2.00. The van der Waals surface area contributed by atoms with Crippen molar-refractivity contribution in [1.29, 1.82) is 0 Å². The molecule has 0 aliphatic rings. The van der Waals surface area contributed by atoms with Crippen LogP contribution in [-0.2, 0) is 0 Å². The van der Waals surface area contributed by atoms with Crippen LogP contribution in [0.4, 0.5) is 0 Å². The van der Waals surface area contributed by atoms with Crippen LogP contribution in [0.3, 0.4) is 0 Å². The van der Waals surface area contributed by atoms with Crippen LogP contribution in [0.5, 0.6) is 0 Å². The van der Waals surface area contributed by atoms with Crippen molar-refractivity contribution in [2.75, 3.05) is 0 Å². The third kappa shape index (κ3) is 3.88. The van der Waals surface area contributed by atoms with Crippen LogP contribution >= 0.6 is 0 Å². The van der Waals surface area contributed by atoms with Gasteiger partial charge in [0.25, 0.3) is 0 Å². The van der Waals surface area contributed by atoms with E-state index in [0.717, 1.165) is 24.4 Å². The van der Waals surface area contributed by atoms with Gasteiger partial charge in [0.1, 0.15) is 5.82 Å². The first-order valence-electron chi connectivity index (χ1n) is 6.48. The Kier molecular flexibility index (Phi) is 5.20. The smallest absolute Gasteiger partial charge is 0.139 e. The normalized spacial score (nSPS) is 13.2. The zero-order valence-corrected chi connectivity index (χ0v) is 11.7. The molecular weight excluding hydrogens is 208 g/mol. The Hall–Kier alpha value is -1.31. The summed E-state index contributed by atoms with van der Waals surface area (Å²) in [7, 11) is 0. The van der Waals surface area contributed by atoms with E-state index in [2.05, 4.69) is 55.7 Å². The lowest BCUT2D eigenvalue weighted by Crippen LogP contribution is -1.94. The third-order valence-electron chi connectivity index (χ3n) is 2.72. The van der Waals surface area contributed by atoms with Gasteiger partial charge in [-0.15, -0.1) is 0 Å². The molecule has 0 saturated carbocycles. The van der Waals surface area contributed by atoms with Gasteiger partial charge in [-0.1, -0.05) is 31.9 Å². The predicted molar refractivity (Wildman–Crippen MR) is 75.8 cm³/mol. The van der Waals surface area contributed by atoms with Gasteiger partial charge < -0.3 is 4.57 Å². The van der Waals surface area contributed by atoms with Crippen molar-refractivity contribution < 1.29 is 0 Å². The van der Waals surface area contributed by atoms with Gasteiger partial charge in [0, 0.05) is 12.4 Å². The second-order valence-electron chi connectivity index (χ2n) is 4.63. The molecular formula is C15H24N2. The molecule has 0 radical (unpaired) electrons. The number of nitrogens with zero attached hydrogens (tertiary/aromatic N) is 2. The number of aromatic nitrogens is 2. The molecule has 1 rings (SSSR count). The lowest BCUT2D eigenvalue weighted by atomic mass is 10.2. The monoisotopic (exact) mass is 232 g/mol. The molecule has 1 heterocycles. The van der Waals surface area contributed by atoms with E-state index in [-0.39, 0.29) is 0 Å². The zero-order chi connectivity index (χ0) is 12.8. The van der Waals surface area contributed by atoms with Crippen molar-refractivity contribution in [3.63, 3.8) is 0 Å². The highest BCUT2D eigenvalue weighted by molar-refractivity contribution is 5.60. The van der Waals surface area contributed by atoms with Gasteiger partial charge in [-0.2, -0.15) is 0 Å². The maximum atomic E-state index is 4.59. The molecule has 0 aromatic carbocycles. The minimum atomic E-state index is 1.05. The van der Waals surface area contributed by atoms with Gasteiger partial charge in [-0.05, 0) is 39.2 Å². The molecule has 2 nitrogen and oxygen atoms in total. The second-order valence-corrected chi connectivity index (χ2v) is 4.63. The van der Waals surface area contributed by atoms with E-state index in [4.69, 9.17) is 0 Å². The molecule has 0 spiro atoms. The first kappa shape index (κ1) is 13.8. The van der Waals surface area contributed by atoms with Crippen molar-refractivity contribution in [2.45, 2.75) is 53.9 Å². The summed E-state index contributed by atoms with van der Waals surface area (Å²) >= 11 is 0. The van der Waals surface area contributed by atoms with E-state index < -0.39 is 0 Å². The van der Waals surface area contributed by atoms with Gasteiger partial charge in [0.15, 0.2) is 0 Å². The Morgan fingerprint density at radius 1 is 1.35 bits per heavy atom. The highest BCUT2D eigenvalue weighted by Gasteiger charge is 2.05. The second kappa shape index (κ2) is 6.43. The van der Waals surface area contributed by atoms with Gasteiger partial charge in [0.05, 0.1) is 5.69 Å². The standard InChI is InChI=1S/C15H24N2/c1-6-8-12(3)10-17-11-14(5)16-15(17)13(4)9-7-2/h9-11H,6-8H2,1-5H3/b12-10+,13-9+. The molecule has 2 heteroatoms. The van der Waals surface area contributed by atoms with Crippen molar-refractivity contribution in [2.24, 2.45) is 0 Å². The highest BCUT2D eigenvalue weighted by Crippen LogP contribution is 2.16. The first-order valence-corrected chi connectivity index (χ1v) is 6.48. The number of hydrogen-bond acceptors (Lipinski definition) is 1. The largest absolute Gasteiger partial charge is 0.307 e. The average molecular weight is 232 g/mol. The molecule has 1 aromatic heterocycles. The highest BCUT2D eigenvalue weighted by atomic mass is 15.1. The SMILES string of the molecule is CC/C=C(\C)c1nc(C)cn1/C=C(\C)CCC. The van der Waals surface area contributed by atoms with Crippen LogP contribution in [-0.4, -0.2) is 9.55 Å². The van der Waals surface area contributed by atoms with E-state index in [1.807, 2.05) is 6.92 Å². The van der Waals surface area contributed by atoms with Crippen LogP contribution in [0.25, 0.3) is 11.8 Å². The molecule has 0 fully saturated rings. The van der Waals surface area contributed by atoms with Crippen molar-refractivity contribution in [1.82, 2.24) is 9.55 Å². The van der Waals surface area contributed by atoms with Crippen LogP contribution in [0, 0.1) is 6.92 Å². The number of imidazole rings is 1. The molecule has 0 bridgehead atoms. The van der Waals surface area contributed by atoms with Gasteiger partial charge in [-0.25, -0.2) is 4.98 Å². The first-order chi connectivity index (χ1) is 8.08. The molecule has 0 aliphatic heterocycles. The molecule has 0 aliphatic carbocycles. The van der Waals surface area contributed by atoms with Gasteiger partial charge in [0.2, 0.25) is 0 Å². The minimum absolute atomic E-state index is 1.05. The lowest BCUT2D eigenvalue weighted by Gasteiger charge is -2.05. The molecule has 0 unspecified atom stereocenters. The Bertz CT molecular complexity index is 422. The summed E-state index contributed by atoms with van der Waals surface area (Å²) in [4.78, 5) is 4.59. The number of hydrogen-bond donors (Lipinski definition) is 0. The van der Waals surface area contributed by atoms with Crippen LogP contribution in [0.2, 0.25) is 0 Å². The minimum Gasteiger partial charge on any atom is -0.307 e. The summed E-state index contributed by atoms with van der Waals surface area (Å²) in [5, 5.41) is 0. The fraction of sp³-hybridized carbons (Fsp3) is 0.533. The van der Waals surface area contributed by atoms with Crippen molar-refractivity contribution in [3.05, 3.63) is 29.4 Å². The van der Waals surface area contributed by atoms with E-state index >= 15 is 0 Å². The summed E-state index contributed by atoms with van der Waals surface area (Å²) in [5.74, 6) is 1.07. The Morgan fingerprint density at radius 2 is 2.06 bits per heavy atom.